The zero-order valence-corrected chi connectivity index (χ0v) is 14.4. The molecule has 6 nitrogen and oxygen atoms in total. The fourth-order valence-corrected chi connectivity index (χ4v) is 4.02. The van der Waals surface area contributed by atoms with Crippen molar-refractivity contribution in [1.82, 2.24) is 9.88 Å². The van der Waals surface area contributed by atoms with Crippen molar-refractivity contribution in [2.75, 3.05) is 25.0 Å². The number of rotatable bonds is 5. The number of likely N-dealkylation sites (tertiary alicyclic amines) is 1. The highest BCUT2D eigenvalue weighted by atomic mass is 32.1. The number of halogens is 3. The standard InChI is InChI=1S/C16H16F3N3O3S/c17-16(18,19)25-9-3-4-11-13(6-9)26-15(20-11)21-14(23)12-2-1-5-22(12)7-10-8-24-10/h3-4,6,10,12H,1-2,5,7-8H2,(H,20,21,23). The summed E-state index contributed by atoms with van der Waals surface area (Å²) in [5.41, 5.74) is 0.509. The van der Waals surface area contributed by atoms with Gasteiger partial charge >= 0.3 is 6.36 Å². The van der Waals surface area contributed by atoms with Gasteiger partial charge in [-0.2, -0.15) is 0 Å². The number of hydrogen-bond acceptors (Lipinski definition) is 6. The van der Waals surface area contributed by atoms with E-state index in [1.165, 1.54) is 18.2 Å². The lowest BCUT2D eigenvalue weighted by Crippen LogP contribution is -2.41. The number of nitrogens with one attached hydrogen (secondary N) is 1. The number of aromatic nitrogens is 1. The van der Waals surface area contributed by atoms with Crippen LogP contribution in [0.5, 0.6) is 5.75 Å². The monoisotopic (exact) mass is 387 g/mol. The van der Waals surface area contributed by atoms with Crippen LogP contribution in [-0.2, 0) is 9.53 Å². The van der Waals surface area contributed by atoms with Crippen LogP contribution in [0.1, 0.15) is 12.8 Å². The van der Waals surface area contributed by atoms with E-state index >= 15 is 0 Å². The van der Waals surface area contributed by atoms with Gasteiger partial charge in [0.15, 0.2) is 5.13 Å². The molecule has 10 heteroatoms. The van der Waals surface area contributed by atoms with Crippen molar-refractivity contribution in [2.45, 2.75) is 31.3 Å². The van der Waals surface area contributed by atoms with Gasteiger partial charge in [-0.05, 0) is 31.5 Å². The van der Waals surface area contributed by atoms with Crippen LogP contribution in [0.2, 0.25) is 0 Å². The molecule has 0 bridgehead atoms. The Kier molecular flexibility index (Phi) is 4.49. The van der Waals surface area contributed by atoms with Crippen LogP contribution in [0.4, 0.5) is 18.3 Å². The summed E-state index contributed by atoms with van der Waals surface area (Å²) in [5, 5.41) is 3.15. The molecule has 2 fully saturated rings. The first-order chi connectivity index (χ1) is 12.4. The van der Waals surface area contributed by atoms with Crippen LogP contribution < -0.4 is 10.1 Å². The van der Waals surface area contributed by atoms with Crippen LogP contribution >= 0.6 is 11.3 Å². The van der Waals surface area contributed by atoms with Crippen LogP contribution in [0, 0.1) is 0 Å². The van der Waals surface area contributed by atoms with E-state index in [2.05, 4.69) is 19.9 Å². The molecule has 26 heavy (non-hydrogen) atoms. The minimum Gasteiger partial charge on any atom is -0.406 e. The fourth-order valence-electron chi connectivity index (χ4n) is 3.12. The molecule has 2 unspecified atom stereocenters. The minimum absolute atomic E-state index is 0.144. The summed E-state index contributed by atoms with van der Waals surface area (Å²) < 4.78 is 46.6. The first-order valence-electron chi connectivity index (χ1n) is 8.20. The quantitative estimate of drug-likeness (QED) is 0.799. The summed E-state index contributed by atoms with van der Waals surface area (Å²) in [5.74, 6) is -0.452. The molecule has 1 N–H and O–H groups in total. The molecule has 1 aromatic heterocycles. The van der Waals surface area contributed by atoms with Gasteiger partial charge in [0.2, 0.25) is 5.91 Å². The molecule has 2 aliphatic rings. The van der Waals surface area contributed by atoms with E-state index in [1.54, 1.807) is 0 Å². The lowest BCUT2D eigenvalue weighted by Gasteiger charge is -2.22. The molecule has 2 aliphatic heterocycles. The van der Waals surface area contributed by atoms with Crippen molar-refractivity contribution in [3.63, 3.8) is 0 Å². The molecule has 0 aliphatic carbocycles. The zero-order valence-electron chi connectivity index (χ0n) is 13.6. The molecule has 2 aromatic rings. The molecule has 0 spiro atoms. The van der Waals surface area contributed by atoms with E-state index in [-0.39, 0.29) is 23.8 Å². The average Bonchev–Trinajstić information content (AvgIpc) is 3.08. The third kappa shape index (κ3) is 4.08. The van der Waals surface area contributed by atoms with Gasteiger partial charge in [0.05, 0.1) is 29.0 Å². The molecule has 4 rings (SSSR count). The number of carbonyl (C=O) groups excluding carboxylic acids is 1. The van der Waals surface area contributed by atoms with Gasteiger partial charge < -0.3 is 14.8 Å². The Balaban J connectivity index is 1.45. The SMILES string of the molecule is O=C(Nc1nc2ccc(OC(F)(F)F)cc2s1)C1CCCN1CC1CO1. The highest BCUT2D eigenvalue weighted by Gasteiger charge is 2.36. The van der Waals surface area contributed by atoms with Gasteiger partial charge in [0.25, 0.3) is 0 Å². The first-order valence-corrected chi connectivity index (χ1v) is 9.02. The maximum atomic E-state index is 12.6. The summed E-state index contributed by atoms with van der Waals surface area (Å²) in [6, 6.07) is 3.68. The van der Waals surface area contributed by atoms with Crippen molar-refractivity contribution in [3.8, 4) is 5.75 Å². The third-order valence-corrected chi connectivity index (χ3v) is 5.26. The number of anilines is 1. The van der Waals surface area contributed by atoms with E-state index in [0.717, 1.165) is 43.9 Å². The van der Waals surface area contributed by atoms with Gasteiger partial charge in [-0.3, -0.25) is 9.69 Å². The second-order valence-corrected chi connectivity index (χ2v) is 7.32. The second-order valence-electron chi connectivity index (χ2n) is 6.29. The van der Waals surface area contributed by atoms with E-state index in [0.29, 0.717) is 15.3 Å². The summed E-state index contributed by atoms with van der Waals surface area (Å²) in [6.07, 6.45) is -2.81. The number of epoxide rings is 1. The normalized spacial score (nSPS) is 23.3. The highest BCUT2D eigenvalue weighted by Crippen LogP contribution is 2.32. The highest BCUT2D eigenvalue weighted by molar-refractivity contribution is 7.22. The molecule has 1 aromatic carbocycles. The zero-order chi connectivity index (χ0) is 18.3. The van der Waals surface area contributed by atoms with E-state index in [4.69, 9.17) is 4.74 Å². The smallest absolute Gasteiger partial charge is 0.406 e. The maximum absolute atomic E-state index is 12.6. The Labute approximate surface area is 150 Å². The summed E-state index contributed by atoms with van der Waals surface area (Å²) in [7, 11) is 0. The van der Waals surface area contributed by atoms with Crippen molar-refractivity contribution in [2.24, 2.45) is 0 Å². The number of carbonyl (C=O) groups is 1. The van der Waals surface area contributed by atoms with Gasteiger partial charge in [-0.25, -0.2) is 4.98 Å². The van der Waals surface area contributed by atoms with Crippen molar-refractivity contribution in [1.29, 1.82) is 0 Å². The molecular weight excluding hydrogens is 371 g/mol. The molecule has 0 radical (unpaired) electrons. The van der Waals surface area contributed by atoms with Gasteiger partial charge in [0.1, 0.15) is 5.75 Å². The molecule has 0 saturated carbocycles. The Morgan fingerprint density at radius 1 is 1.46 bits per heavy atom. The molecular formula is C16H16F3N3O3S. The van der Waals surface area contributed by atoms with E-state index < -0.39 is 6.36 Å². The Bertz CT molecular complexity index is 822. The van der Waals surface area contributed by atoms with Gasteiger partial charge in [-0.15, -0.1) is 13.2 Å². The average molecular weight is 387 g/mol. The van der Waals surface area contributed by atoms with Crippen LogP contribution in [0.25, 0.3) is 10.2 Å². The maximum Gasteiger partial charge on any atom is 0.573 e. The van der Waals surface area contributed by atoms with E-state index in [9.17, 15) is 18.0 Å². The Hall–Kier alpha value is -1.91. The number of hydrogen-bond donors (Lipinski definition) is 1. The summed E-state index contributed by atoms with van der Waals surface area (Å²) in [4.78, 5) is 18.9. The molecule has 140 valence electrons. The number of ether oxygens (including phenoxy) is 2. The Morgan fingerprint density at radius 3 is 3.00 bits per heavy atom. The van der Waals surface area contributed by atoms with Crippen LogP contribution in [0.3, 0.4) is 0 Å². The number of alkyl halides is 3. The van der Waals surface area contributed by atoms with E-state index in [1.807, 2.05) is 0 Å². The number of fused-ring (bicyclic) bond motifs is 1. The van der Waals surface area contributed by atoms with Gasteiger partial charge in [0, 0.05) is 12.6 Å². The number of benzene rings is 1. The van der Waals surface area contributed by atoms with Gasteiger partial charge in [-0.1, -0.05) is 11.3 Å². The second kappa shape index (κ2) is 6.67. The van der Waals surface area contributed by atoms with Crippen molar-refractivity contribution >= 4 is 32.6 Å². The summed E-state index contributed by atoms with van der Waals surface area (Å²) >= 11 is 1.12. The largest absolute Gasteiger partial charge is 0.573 e. The topological polar surface area (TPSA) is 67.0 Å². The number of thiazole rings is 1. The predicted molar refractivity (Wildman–Crippen MR) is 89.3 cm³/mol. The van der Waals surface area contributed by atoms with Crippen LogP contribution in [-0.4, -0.2) is 54.0 Å². The first kappa shape index (κ1) is 17.5. The van der Waals surface area contributed by atoms with Crippen molar-refractivity contribution < 1.29 is 27.4 Å². The minimum atomic E-state index is -4.74. The van der Waals surface area contributed by atoms with Crippen LogP contribution in [0.15, 0.2) is 18.2 Å². The summed E-state index contributed by atoms with van der Waals surface area (Å²) in [6.45, 7) is 2.34. The lowest BCUT2D eigenvalue weighted by atomic mass is 10.2. The third-order valence-electron chi connectivity index (χ3n) is 4.33. The predicted octanol–water partition coefficient (Wildman–Crippen LogP) is 3.00. The molecule has 1 amide bonds. The Morgan fingerprint density at radius 2 is 2.27 bits per heavy atom. The van der Waals surface area contributed by atoms with Crippen molar-refractivity contribution in [3.05, 3.63) is 18.2 Å². The number of amides is 1. The number of nitrogens with zero attached hydrogens (tertiary/aromatic N) is 2. The fraction of sp³-hybridized carbons (Fsp3) is 0.500. The molecule has 2 saturated heterocycles. The molecule has 2 atom stereocenters. The molecule has 3 heterocycles. The lowest BCUT2D eigenvalue weighted by molar-refractivity contribution is -0.274.